The van der Waals surface area contributed by atoms with Crippen LogP contribution < -0.4 is 10.6 Å². The Morgan fingerprint density at radius 2 is 1.62 bits per heavy atom. The highest BCUT2D eigenvalue weighted by Crippen LogP contribution is 2.30. The maximum absolute atomic E-state index is 14.3. The number of hydrogen-bond acceptors (Lipinski definition) is 6. The normalized spacial score (nSPS) is 13.9. The molecule has 8 nitrogen and oxygen atoms in total. The fourth-order valence-electron chi connectivity index (χ4n) is 4.63. The van der Waals surface area contributed by atoms with Crippen molar-refractivity contribution in [3.8, 4) is 22.4 Å². The molecule has 1 aliphatic heterocycles. The van der Waals surface area contributed by atoms with Crippen molar-refractivity contribution >= 4 is 17.5 Å². The number of carbonyl (C=O) groups excluding carboxylic acids is 2. The number of hydrogen-bond donors (Lipinski definition) is 2. The Labute approximate surface area is 232 Å². The molecule has 4 aromatic rings. The van der Waals surface area contributed by atoms with E-state index in [0.29, 0.717) is 22.6 Å². The predicted molar refractivity (Wildman–Crippen MR) is 153 cm³/mol. The Balaban J connectivity index is 1.37. The lowest BCUT2D eigenvalue weighted by molar-refractivity contribution is 0.0852. The third kappa shape index (κ3) is 6.05. The van der Waals surface area contributed by atoms with Gasteiger partial charge in [0.25, 0.3) is 11.8 Å². The van der Waals surface area contributed by atoms with Gasteiger partial charge in [-0.15, -0.1) is 0 Å². The van der Waals surface area contributed by atoms with Gasteiger partial charge in [0.1, 0.15) is 11.4 Å². The van der Waals surface area contributed by atoms with Gasteiger partial charge in [0.15, 0.2) is 0 Å². The van der Waals surface area contributed by atoms with E-state index in [1.807, 2.05) is 50.4 Å². The van der Waals surface area contributed by atoms with Crippen molar-refractivity contribution in [3.05, 3.63) is 95.7 Å². The summed E-state index contributed by atoms with van der Waals surface area (Å²) in [4.78, 5) is 40.6. The molecule has 2 N–H and O–H groups in total. The second-order valence-electron chi connectivity index (χ2n) is 10.6. The van der Waals surface area contributed by atoms with Gasteiger partial charge in [-0.1, -0.05) is 6.07 Å². The van der Waals surface area contributed by atoms with Crippen molar-refractivity contribution in [2.24, 2.45) is 0 Å². The van der Waals surface area contributed by atoms with Gasteiger partial charge in [0.05, 0.1) is 17.4 Å². The molecule has 204 valence electrons. The molecule has 2 amide bonds. The fraction of sp³-hybridized carbons (Fsp3) is 0.258. The molecule has 40 heavy (non-hydrogen) atoms. The van der Waals surface area contributed by atoms with E-state index in [9.17, 15) is 14.0 Å². The standard InChI is InChI=1S/C31H31FN6O2/c1-19-5-6-23(36-29(39)22-9-12-35-28(15-22)31(2,3)32)16-25(19)20-7-10-33-26(13-20)21-8-11-34-27(14-21)30(40)37-24-17-38(4)18-24/h5-16,24H,17-18H2,1-4H3,(H,36,39)(H,37,40). The van der Waals surface area contributed by atoms with Crippen LogP contribution in [0.2, 0.25) is 0 Å². The van der Waals surface area contributed by atoms with Crippen molar-refractivity contribution in [2.75, 3.05) is 25.5 Å². The molecule has 1 saturated heterocycles. The van der Waals surface area contributed by atoms with Gasteiger partial charge in [0.2, 0.25) is 0 Å². The number of aromatic nitrogens is 3. The van der Waals surface area contributed by atoms with Gasteiger partial charge in [-0.05, 0) is 93.0 Å². The first-order valence-corrected chi connectivity index (χ1v) is 13.1. The summed E-state index contributed by atoms with van der Waals surface area (Å²) in [5.74, 6) is -0.555. The molecule has 0 atom stereocenters. The summed E-state index contributed by atoms with van der Waals surface area (Å²) in [5, 5.41) is 5.92. The second kappa shape index (κ2) is 10.9. The van der Waals surface area contributed by atoms with Crippen LogP contribution in [0.4, 0.5) is 10.1 Å². The zero-order chi connectivity index (χ0) is 28.4. The van der Waals surface area contributed by atoms with Crippen LogP contribution in [0, 0.1) is 6.92 Å². The van der Waals surface area contributed by atoms with Gasteiger partial charge in [-0.2, -0.15) is 0 Å². The van der Waals surface area contributed by atoms with Crippen LogP contribution in [0.25, 0.3) is 22.4 Å². The topological polar surface area (TPSA) is 100 Å². The number of benzene rings is 1. The smallest absolute Gasteiger partial charge is 0.270 e. The highest BCUT2D eigenvalue weighted by molar-refractivity contribution is 6.04. The Kier molecular flexibility index (Phi) is 7.40. The number of halogens is 1. The molecule has 1 fully saturated rings. The number of nitrogens with zero attached hydrogens (tertiary/aromatic N) is 4. The van der Waals surface area contributed by atoms with Gasteiger partial charge in [-0.3, -0.25) is 24.5 Å². The summed E-state index contributed by atoms with van der Waals surface area (Å²) in [5.41, 5.74) is 4.13. The number of likely N-dealkylation sites (tertiary alicyclic amines) is 1. The third-order valence-electron chi connectivity index (χ3n) is 6.89. The Hall–Kier alpha value is -4.50. The van der Waals surface area contributed by atoms with E-state index >= 15 is 0 Å². The molecule has 0 spiro atoms. The molecule has 0 aliphatic carbocycles. The van der Waals surface area contributed by atoms with Gasteiger partial charge in [0, 0.05) is 48.5 Å². The molecular weight excluding hydrogens is 507 g/mol. The first-order chi connectivity index (χ1) is 19.1. The van der Waals surface area contributed by atoms with Crippen LogP contribution in [0.15, 0.2) is 73.2 Å². The number of likely N-dealkylation sites (N-methyl/N-ethyl adjacent to an activating group) is 1. The predicted octanol–water partition coefficient (Wildman–Crippen LogP) is 5.01. The van der Waals surface area contributed by atoms with Gasteiger partial charge >= 0.3 is 0 Å². The number of amides is 2. The van der Waals surface area contributed by atoms with Gasteiger partial charge < -0.3 is 15.5 Å². The van der Waals surface area contributed by atoms with E-state index in [1.54, 1.807) is 24.5 Å². The first kappa shape index (κ1) is 27.1. The lowest BCUT2D eigenvalue weighted by Gasteiger charge is -2.36. The summed E-state index contributed by atoms with van der Waals surface area (Å²) in [7, 11) is 2.01. The van der Waals surface area contributed by atoms with Gasteiger partial charge in [-0.25, -0.2) is 4.39 Å². The minimum atomic E-state index is -1.65. The van der Waals surface area contributed by atoms with E-state index in [-0.39, 0.29) is 23.6 Å². The van der Waals surface area contributed by atoms with Crippen LogP contribution in [0.1, 0.15) is 46.0 Å². The SMILES string of the molecule is Cc1ccc(NC(=O)c2ccnc(C(C)(C)F)c2)cc1-c1ccnc(-c2ccnc(C(=O)NC3CN(C)C3)c2)c1. The maximum atomic E-state index is 14.3. The molecule has 0 saturated carbocycles. The molecule has 3 aromatic heterocycles. The van der Waals surface area contributed by atoms with Crippen LogP contribution >= 0.6 is 0 Å². The Morgan fingerprint density at radius 3 is 2.38 bits per heavy atom. The van der Waals surface area contributed by atoms with E-state index in [4.69, 9.17) is 0 Å². The Morgan fingerprint density at radius 1 is 0.900 bits per heavy atom. The minimum Gasteiger partial charge on any atom is -0.345 e. The number of rotatable bonds is 7. The summed E-state index contributed by atoms with van der Waals surface area (Å²) >= 11 is 0. The van der Waals surface area contributed by atoms with E-state index in [0.717, 1.165) is 35.3 Å². The molecule has 0 unspecified atom stereocenters. The van der Waals surface area contributed by atoms with Crippen LogP contribution in [0.5, 0.6) is 0 Å². The van der Waals surface area contributed by atoms with Crippen molar-refractivity contribution < 1.29 is 14.0 Å². The number of alkyl halides is 1. The average molecular weight is 539 g/mol. The van der Waals surface area contributed by atoms with Crippen LogP contribution in [-0.2, 0) is 5.67 Å². The fourth-order valence-corrected chi connectivity index (χ4v) is 4.63. The van der Waals surface area contributed by atoms with Crippen molar-refractivity contribution in [1.82, 2.24) is 25.2 Å². The summed E-state index contributed by atoms with van der Waals surface area (Å²) in [6.45, 7) is 6.46. The van der Waals surface area contributed by atoms with Crippen molar-refractivity contribution in [2.45, 2.75) is 32.5 Å². The number of aryl methyl sites for hydroxylation is 1. The minimum absolute atomic E-state index is 0.135. The lowest BCUT2D eigenvalue weighted by Crippen LogP contribution is -2.57. The highest BCUT2D eigenvalue weighted by atomic mass is 19.1. The number of nitrogens with one attached hydrogen (secondary N) is 2. The molecule has 0 bridgehead atoms. The zero-order valence-electron chi connectivity index (χ0n) is 22.9. The van der Waals surface area contributed by atoms with E-state index in [1.165, 1.54) is 26.1 Å². The average Bonchev–Trinajstić information content (AvgIpc) is 2.93. The monoisotopic (exact) mass is 538 g/mol. The molecule has 0 radical (unpaired) electrons. The highest BCUT2D eigenvalue weighted by Gasteiger charge is 2.25. The Bertz CT molecular complexity index is 1580. The molecule has 1 aliphatic rings. The summed E-state index contributed by atoms with van der Waals surface area (Å²) in [6.07, 6.45) is 4.77. The lowest BCUT2D eigenvalue weighted by atomic mass is 9.98. The van der Waals surface area contributed by atoms with E-state index < -0.39 is 5.67 Å². The zero-order valence-corrected chi connectivity index (χ0v) is 22.9. The number of pyridine rings is 3. The van der Waals surface area contributed by atoms with Crippen LogP contribution in [-0.4, -0.2) is 57.8 Å². The number of anilines is 1. The molecular formula is C31H31FN6O2. The summed E-state index contributed by atoms with van der Waals surface area (Å²) in [6, 6.07) is 16.2. The molecule has 1 aromatic carbocycles. The molecule has 4 heterocycles. The van der Waals surface area contributed by atoms with Crippen LogP contribution in [0.3, 0.4) is 0 Å². The summed E-state index contributed by atoms with van der Waals surface area (Å²) < 4.78 is 14.3. The molecule has 5 rings (SSSR count). The maximum Gasteiger partial charge on any atom is 0.270 e. The van der Waals surface area contributed by atoms with Crippen molar-refractivity contribution in [1.29, 1.82) is 0 Å². The molecule has 9 heteroatoms. The van der Waals surface area contributed by atoms with E-state index in [2.05, 4.69) is 30.5 Å². The largest absolute Gasteiger partial charge is 0.345 e. The van der Waals surface area contributed by atoms with Crippen molar-refractivity contribution in [3.63, 3.8) is 0 Å². The second-order valence-corrected chi connectivity index (χ2v) is 10.6. The first-order valence-electron chi connectivity index (χ1n) is 13.1. The third-order valence-corrected chi connectivity index (χ3v) is 6.89. The number of carbonyl (C=O) groups is 2. The quantitative estimate of drug-likeness (QED) is 0.343.